The van der Waals surface area contributed by atoms with Crippen molar-refractivity contribution < 1.29 is 9.15 Å². The summed E-state index contributed by atoms with van der Waals surface area (Å²) in [5.41, 5.74) is 1.23. The highest BCUT2D eigenvalue weighted by Gasteiger charge is 2.20. The average molecular weight is 280 g/mol. The van der Waals surface area contributed by atoms with Gasteiger partial charge in [0.15, 0.2) is 0 Å². The molecule has 0 aromatic carbocycles. The van der Waals surface area contributed by atoms with Crippen LogP contribution in [-0.2, 0) is 17.8 Å². The molecule has 20 heavy (non-hydrogen) atoms. The Hall–Kier alpha value is -0.840. The minimum absolute atomic E-state index is 0.457. The maximum Gasteiger partial charge on any atom is 0.118 e. The lowest BCUT2D eigenvalue weighted by molar-refractivity contribution is 0.0112. The molecule has 0 radical (unpaired) electrons. The standard InChI is InChI=1S/C16H28N2O2/c1-4-19-15-5-7-18(8-6-15)11-16-9-14(12-20-16)10-17-13(2)3/h9,12-13,15,17H,4-8,10-11H2,1-3H3. The molecule has 0 unspecified atom stereocenters. The van der Waals surface area contributed by atoms with E-state index in [0.29, 0.717) is 12.1 Å². The molecule has 0 bridgehead atoms. The molecule has 2 rings (SSSR count). The molecular weight excluding hydrogens is 252 g/mol. The molecule has 0 atom stereocenters. The zero-order valence-corrected chi connectivity index (χ0v) is 13.0. The quantitative estimate of drug-likeness (QED) is 0.833. The van der Waals surface area contributed by atoms with Gasteiger partial charge in [0.1, 0.15) is 5.76 Å². The second kappa shape index (κ2) is 7.81. The van der Waals surface area contributed by atoms with Crippen LogP contribution in [0.4, 0.5) is 0 Å². The van der Waals surface area contributed by atoms with Crippen LogP contribution in [0.1, 0.15) is 44.9 Å². The number of nitrogens with zero attached hydrogens (tertiary/aromatic N) is 1. The van der Waals surface area contributed by atoms with E-state index in [1.54, 1.807) is 0 Å². The molecule has 0 saturated carbocycles. The highest BCUT2D eigenvalue weighted by Crippen LogP contribution is 2.17. The molecule has 1 aliphatic rings. The van der Waals surface area contributed by atoms with E-state index in [1.165, 1.54) is 5.56 Å². The fraction of sp³-hybridized carbons (Fsp3) is 0.750. The summed E-state index contributed by atoms with van der Waals surface area (Å²) in [5, 5.41) is 3.41. The molecule has 1 aliphatic heterocycles. The second-order valence-corrected chi connectivity index (χ2v) is 5.89. The van der Waals surface area contributed by atoms with Crippen molar-refractivity contribution in [2.75, 3.05) is 19.7 Å². The van der Waals surface area contributed by atoms with E-state index in [1.807, 2.05) is 6.26 Å². The Morgan fingerprint density at radius 2 is 2.15 bits per heavy atom. The first-order valence-corrected chi connectivity index (χ1v) is 7.81. The molecule has 0 spiro atoms. The molecule has 1 aromatic rings. The van der Waals surface area contributed by atoms with E-state index in [-0.39, 0.29) is 0 Å². The van der Waals surface area contributed by atoms with E-state index in [0.717, 1.165) is 51.4 Å². The third-order valence-corrected chi connectivity index (χ3v) is 3.74. The van der Waals surface area contributed by atoms with Gasteiger partial charge >= 0.3 is 0 Å². The van der Waals surface area contributed by atoms with Gasteiger partial charge < -0.3 is 14.5 Å². The normalized spacial score (nSPS) is 18.0. The first kappa shape index (κ1) is 15.5. The number of ether oxygens (including phenoxy) is 1. The number of likely N-dealkylation sites (tertiary alicyclic amines) is 1. The third-order valence-electron chi connectivity index (χ3n) is 3.74. The molecular formula is C16H28N2O2. The molecule has 1 N–H and O–H groups in total. The van der Waals surface area contributed by atoms with Gasteiger partial charge in [0.2, 0.25) is 0 Å². The molecule has 114 valence electrons. The Morgan fingerprint density at radius 3 is 2.80 bits per heavy atom. The first-order valence-electron chi connectivity index (χ1n) is 7.81. The molecule has 1 fully saturated rings. The van der Waals surface area contributed by atoms with Gasteiger partial charge in [-0.25, -0.2) is 0 Å². The Kier molecular flexibility index (Phi) is 6.07. The molecule has 2 heterocycles. The van der Waals surface area contributed by atoms with Crippen LogP contribution in [0, 0.1) is 0 Å². The van der Waals surface area contributed by atoms with Crippen molar-refractivity contribution in [3.05, 3.63) is 23.7 Å². The Morgan fingerprint density at radius 1 is 1.40 bits per heavy atom. The van der Waals surface area contributed by atoms with Crippen molar-refractivity contribution in [1.29, 1.82) is 0 Å². The Balaban J connectivity index is 1.74. The number of piperidine rings is 1. The van der Waals surface area contributed by atoms with E-state index in [4.69, 9.17) is 9.15 Å². The van der Waals surface area contributed by atoms with Crippen molar-refractivity contribution in [3.8, 4) is 0 Å². The molecule has 0 aliphatic carbocycles. The topological polar surface area (TPSA) is 37.6 Å². The third kappa shape index (κ3) is 4.93. The van der Waals surface area contributed by atoms with Crippen molar-refractivity contribution >= 4 is 0 Å². The van der Waals surface area contributed by atoms with Gasteiger partial charge in [0, 0.05) is 37.8 Å². The van der Waals surface area contributed by atoms with Crippen LogP contribution in [0.15, 0.2) is 16.7 Å². The van der Waals surface area contributed by atoms with Crippen molar-refractivity contribution in [2.45, 2.75) is 58.8 Å². The summed E-state index contributed by atoms with van der Waals surface area (Å²) >= 11 is 0. The van der Waals surface area contributed by atoms with E-state index in [2.05, 4.69) is 37.1 Å². The highest BCUT2D eigenvalue weighted by molar-refractivity contribution is 5.12. The monoisotopic (exact) mass is 280 g/mol. The van der Waals surface area contributed by atoms with Crippen molar-refractivity contribution in [1.82, 2.24) is 10.2 Å². The van der Waals surface area contributed by atoms with Crippen LogP contribution in [0.2, 0.25) is 0 Å². The predicted molar refractivity (Wildman–Crippen MR) is 80.6 cm³/mol. The fourth-order valence-electron chi connectivity index (χ4n) is 2.61. The summed E-state index contributed by atoms with van der Waals surface area (Å²) < 4.78 is 11.3. The first-order chi connectivity index (χ1) is 9.67. The summed E-state index contributed by atoms with van der Waals surface area (Å²) in [5.74, 6) is 1.07. The zero-order chi connectivity index (χ0) is 14.4. The summed E-state index contributed by atoms with van der Waals surface area (Å²) in [6.07, 6.45) is 4.60. The van der Waals surface area contributed by atoms with E-state index >= 15 is 0 Å². The Labute approximate surface area is 122 Å². The van der Waals surface area contributed by atoms with Crippen molar-refractivity contribution in [3.63, 3.8) is 0 Å². The number of hydrogen-bond acceptors (Lipinski definition) is 4. The SMILES string of the molecule is CCOC1CCN(Cc2cc(CNC(C)C)co2)CC1. The van der Waals surface area contributed by atoms with Gasteiger partial charge in [0.05, 0.1) is 18.9 Å². The zero-order valence-electron chi connectivity index (χ0n) is 13.0. The van der Waals surface area contributed by atoms with Gasteiger partial charge in [-0.2, -0.15) is 0 Å². The minimum Gasteiger partial charge on any atom is -0.468 e. The summed E-state index contributed by atoms with van der Waals surface area (Å²) in [6.45, 7) is 11.2. The van der Waals surface area contributed by atoms with Gasteiger partial charge in [0.25, 0.3) is 0 Å². The van der Waals surface area contributed by atoms with Crippen LogP contribution >= 0.6 is 0 Å². The fourth-order valence-corrected chi connectivity index (χ4v) is 2.61. The van der Waals surface area contributed by atoms with Crippen LogP contribution in [-0.4, -0.2) is 36.7 Å². The number of furan rings is 1. The molecule has 4 nitrogen and oxygen atoms in total. The lowest BCUT2D eigenvalue weighted by atomic mass is 10.1. The molecule has 4 heteroatoms. The van der Waals surface area contributed by atoms with Crippen LogP contribution < -0.4 is 5.32 Å². The molecule has 0 amide bonds. The maximum atomic E-state index is 5.68. The summed E-state index contributed by atoms with van der Waals surface area (Å²) in [7, 11) is 0. The maximum absolute atomic E-state index is 5.68. The van der Waals surface area contributed by atoms with Gasteiger partial charge in [-0.05, 0) is 25.8 Å². The Bertz CT molecular complexity index is 382. The van der Waals surface area contributed by atoms with Gasteiger partial charge in [-0.1, -0.05) is 13.8 Å². The van der Waals surface area contributed by atoms with Gasteiger partial charge in [-0.15, -0.1) is 0 Å². The van der Waals surface area contributed by atoms with Gasteiger partial charge in [-0.3, -0.25) is 4.90 Å². The van der Waals surface area contributed by atoms with Crippen molar-refractivity contribution in [2.24, 2.45) is 0 Å². The lowest BCUT2D eigenvalue weighted by Crippen LogP contribution is -2.36. The van der Waals surface area contributed by atoms with E-state index < -0.39 is 0 Å². The number of nitrogens with one attached hydrogen (secondary N) is 1. The number of rotatable bonds is 7. The lowest BCUT2D eigenvalue weighted by Gasteiger charge is -2.30. The van der Waals surface area contributed by atoms with Crippen LogP contribution in [0.25, 0.3) is 0 Å². The number of hydrogen-bond donors (Lipinski definition) is 1. The molecule has 1 saturated heterocycles. The summed E-state index contributed by atoms with van der Waals surface area (Å²) in [6, 6.07) is 2.68. The van der Waals surface area contributed by atoms with E-state index in [9.17, 15) is 0 Å². The smallest absolute Gasteiger partial charge is 0.118 e. The summed E-state index contributed by atoms with van der Waals surface area (Å²) in [4.78, 5) is 2.45. The molecule has 1 aromatic heterocycles. The van der Waals surface area contributed by atoms with Crippen LogP contribution in [0.3, 0.4) is 0 Å². The second-order valence-electron chi connectivity index (χ2n) is 5.89. The minimum atomic E-state index is 0.457. The predicted octanol–water partition coefficient (Wildman–Crippen LogP) is 2.78. The highest BCUT2D eigenvalue weighted by atomic mass is 16.5. The largest absolute Gasteiger partial charge is 0.468 e. The average Bonchev–Trinajstić information content (AvgIpc) is 2.87. The van der Waals surface area contributed by atoms with Crippen LogP contribution in [0.5, 0.6) is 0 Å².